The summed E-state index contributed by atoms with van der Waals surface area (Å²) in [6.07, 6.45) is 1.79. The number of hydrogen-bond acceptors (Lipinski definition) is 3. The number of morpholine rings is 1. The molecule has 4 heteroatoms. The van der Waals surface area contributed by atoms with E-state index in [9.17, 15) is 4.79 Å². The molecule has 2 atom stereocenters. The number of amides is 1. The number of hydrogen-bond donors (Lipinski definition) is 0. The summed E-state index contributed by atoms with van der Waals surface area (Å²) < 4.78 is 10.8. The SMILES string of the molecule is O=C([C@@H]1O[C@H]1CCc1ccccc1)N1CCOCC1. The molecule has 2 fully saturated rings. The predicted octanol–water partition coefficient (Wildman–Crippen LogP) is 1.25. The van der Waals surface area contributed by atoms with Crippen molar-refractivity contribution in [2.75, 3.05) is 26.3 Å². The fourth-order valence-corrected chi connectivity index (χ4v) is 2.50. The van der Waals surface area contributed by atoms with Crippen LogP contribution in [0.15, 0.2) is 30.3 Å². The Labute approximate surface area is 113 Å². The van der Waals surface area contributed by atoms with Crippen molar-refractivity contribution in [3.63, 3.8) is 0 Å². The maximum absolute atomic E-state index is 12.1. The second-order valence-electron chi connectivity index (χ2n) is 5.06. The normalized spacial score (nSPS) is 26.2. The molecule has 2 saturated heterocycles. The Hall–Kier alpha value is -1.39. The third-order valence-electron chi connectivity index (χ3n) is 3.71. The van der Waals surface area contributed by atoms with Crippen molar-refractivity contribution in [2.45, 2.75) is 25.0 Å². The molecule has 1 amide bonds. The van der Waals surface area contributed by atoms with Gasteiger partial charge in [-0.25, -0.2) is 0 Å². The number of carbonyl (C=O) groups is 1. The smallest absolute Gasteiger partial charge is 0.254 e. The van der Waals surface area contributed by atoms with Crippen LogP contribution in [0.25, 0.3) is 0 Å². The summed E-state index contributed by atoms with van der Waals surface area (Å²) in [5, 5.41) is 0. The minimum Gasteiger partial charge on any atom is -0.378 e. The summed E-state index contributed by atoms with van der Waals surface area (Å²) in [5.74, 6) is 0.140. The topological polar surface area (TPSA) is 42.1 Å². The number of carbonyl (C=O) groups excluding carboxylic acids is 1. The summed E-state index contributed by atoms with van der Waals surface area (Å²) in [5.41, 5.74) is 1.30. The van der Waals surface area contributed by atoms with E-state index in [0.717, 1.165) is 12.8 Å². The molecule has 102 valence electrons. The van der Waals surface area contributed by atoms with E-state index in [1.165, 1.54) is 5.56 Å². The average Bonchev–Trinajstić information content (AvgIpc) is 3.26. The Morgan fingerprint density at radius 2 is 1.95 bits per heavy atom. The average molecular weight is 261 g/mol. The molecule has 0 radical (unpaired) electrons. The number of rotatable bonds is 4. The van der Waals surface area contributed by atoms with Crippen LogP contribution >= 0.6 is 0 Å². The minimum absolute atomic E-state index is 0.107. The van der Waals surface area contributed by atoms with Crippen molar-refractivity contribution in [2.24, 2.45) is 0 Å². The van der Waals surface area contributed by atoms with E-state index in [-0.39, 0.29) is 18.1 Å². The molecule has 1 aromatic carbocycles. The second-order valence-corrected chi connectivity index (χ2v) is 5.06. The van der Waals surface area contributed by atoms with Gasteiger partial charge in [0.1, 0.15) is 0 Å². The van der Waals surface area contributed by atoms with Crippen LogP contribution in [0.3, 0.4) is 0 Å². The molecule has 0 bridgehead atoms. The zero-order chi connectivity index (χ0) is 13.1. The zero-order valence-electron chi connectivity index (χ0n) is 11.0. The highest BCUT2D eigenvalue weighted by molar-refractivity contribution is 5.83. The highest BCUT2D eigenvalue weighted by Crippen LogP contribution is 2.28. The van der Waals surface area contributed by atoms with Gasteiger partial charge in [-0.1, -0.05) is 30.3 Å². The highest BCUT2D eigenvalue weighted by Gasteiger charge is 2.46. The Morgan fingerprint density at radius 3 is 2.68 bits per heavy atom. The molecular formula is C15H19NO3. The summed E-state index contributed by atoms with van der Waals surface area (Å²) >= 11 is 0. The van der Waals surface area contributed by atoms with Gasteiger partial charge >= 0.3 is 0 Å². The molecule has 2 aliphatic heterocycles. The zero-order valence-corrected chi connectivity index (χ0v) is 11.0. The summed E-state index contributed by atoms with van der Waals surface area (Å²) in [6, 6.07) is 10.3. The quantitative estimate of drug-likeness (QED) is 0.766. The largest absolute Gasteiger partial charge is 0.378 e. The third kappa shape index (κ3) is 3.14. The standard InChI is InChI=1S/C15H19NO3/c17-15(16-8-10-18-11-9-16)14-13(19-14)7-6-12-4-2-1-3-5-12/h1-5,13-14H,6-11H2/t13-,14+/m0/s1. The Morgan fingerprint density at radius 1 is 1.21 bits per heavy atom. The van der Waals surface area contributed by atoms with Crippen LogP contribution in [-0.2, 0) is 20.7 Å². The Bertz CT molecular complexity index is 428. The number of aryl methyl sites for hydroxylation is 1. The number of benzene rings is 1. The molecule has 2 aliphatic rings. The lowest BCUT2D eigenvalue weighted by Gasteiger charge is -2.26. The van der Waals surface area contributed by atoms with Crippen LogP contribution in [0, 0.1) is 0 Å². The first-order chi connectivity index (χ1) is 9.34. The van der Waals surface area contributed by atoms with Crippen molar-refractivity contribution in [3.8, 4) is 0 Å². The van der Waals surface area contributed by atoms with Gasteiger partial charge < -0.3 is 14.4 Å². The van der Waals surface area contributed by atoms with Gasteiger partial charge in [-0.2, -0.15) is 0 Å². The lowest BCUT2D eigenvalue weighted by molar-refractivity contribution is -0.136. The van der Waals surface area contributed by atoms with Gasteiger partial charge in [0.05, 0.1) is 19.3 Å². The van der Waals surface area contributed by atoms with Gasteiger partial charge in [0.25, 0.3) is 5.91 Å². The monoisotopic (exact) mass is 261 g/mol. The van der Waals surface area contributed by atoms with E-state index in [0.29, 0.717) is 26.3 Å². The van der Waals surface area contributed by atoms with E-state index >= 15 is 0 Å². The number of epoxide rings is 1. The predicted molar refractivity (Wildman–Crippen MR) is 70.8 cm³/mol. The fraction of sp³-hybridized carbons (Fsp3) is 0.533. The molecule has 0 unspecified atom stereocenters. The van der Waals surface area contributed by atoms with E-state index in [1.807, 2.05) is 23.1 Å². The van der Waals surface area contributed by atoms with Crippen LogP contribution in [0.2, 0.25) is 0 Å². The van der Waals surface area contributed by atoms with Crippen molar-refractivity contribution >= 4 is 5.91 Å². The van der Waals surface area contributed by atoms with Crippen LogP contribution in [0.1, 0.15) is 12.0 Å². The first-order valence-electron chi connectivity index (χ1n) is 6.90. The van der Waals surface area contributed by atoms with Gasteiger partial charge in [0.15, 0.2) is 6.10 Å². The molecule has 0 spiro atoms. The molecular weight excluding hydrogens is 242 g/mol. The molecule has 0 N–H and O–H groups in total. The van der Waals surface area contributed by atoms with Crippen LogP contribution in [0.5, 0.6) is 0 Å². The minimum atomic E-state index is -0.207. The van der Waals surface area contributed by atoms with Gasteiger partial charge in [0, 0.05) is 13.1 Å². The second kappa shape index (κ2) is 5.72. The molecule has 4 nitrogen and oxygen atoms in total. The van der Waals surface area contributed by atoms with Crippen molar-refractivity contribution in [3.05, 3.63) is 35.9 Å². The van der Waals surface area contributed by atoms with Gasteiger partial charge in [-0.15, -0.1) is 0 Å². The Kier molecular flexibility index (Phi) is 3.80. The van der Waals surface area contributed by atoms with Gasteiger partial charge in [-0.3, -0.25) is 4.79 Å². The first-order valence-corrected chi connectivity index (χ1v) is 6.90. The first kappa shape index (κ1) is 12.6. The molecule has 19 heavy (non-hydrogen) atoms. The van der Waals surface area contributed by atoms with E-state index < -0.39 is 0 Å². The van der Waals surface area contributed by atoms with Crippen molar-refractivity contribution in [1.82, 2.24) is 4.90 Å². The highest BCUT2D eigenvalue weighted by atomic mass is 16.6. The molecule has 1 aromatic rings. The van der Waals surface area contributed by atoms with Crippen molar-refractivity contribution in [1.29, 1.82) is 0 Å². The number of ether oxygens (including phenoxy) is 2. The maximum Gasteiger partial charge on any atom is 0.254 e. The van der Waals surface area contributed by atoms with Crippen LogP contribution in [0.4, 0.5) is 0 Å². The van der Waals surface area contributed by atoms with Gasteiger partial charge in [0.2, 0.25) is 0 Å². The molecule has 0 aromatic heterocycles. The number of nitrogens with zero attached hydrogens (tertiary/aromatic N) is 1. The van der Waals surface area contributed by atoms with Crippen LogP contribution in [-0.4, -0.2) is 49.3 Å². The van der Waals surface area contributed by atoms with Crippen molar-refractivity contribution < 1.29 is 14.3 Å². The summed E-state index contributed by atoms with van der Waals surface area (Å²) in [7, 11) is 0. The lowest BCUT2D eigenvalue weighted by Crippen LogP contribution is -2.43. The van der Waals surface area contributed by atoms with Crippen LogP contribution < -0.4 is 0 Å². The van der Waals surface area contributed by atoms with E-state index in [1.54, 1.807) is 0 Å². The molecule has 2 heterocycles. The summed E-state index contributed by atoms with van der Waals surface area (Å²) in [6.45, 7) is 2.69. The Balaban J connectivity index is 1.44. The molecule has 3 rings (SSSR count). The molecule has 0 aliphatic carbocycles. The summed E-state index contributed by atoms with van der Waals surface area (Å²) in [4.78, 5) is 14.0. The van der Waals surface area contributed by atoms with E-state index in [4.69, 9.17) is 9.47 Å². The maximum atomic E-state index is 12.1. The lowest BCUT2D eigenvalue weighted by atomic mass is 10.1. The third-order valence-corrected chi connectivity index (χ3v) is 3.71. The molecule has 0 saturated carbocycles. The fourth-order valence-electron chi connectivity index (χ4n) is 2.50. The van der Waals surface area contributed by atoms with E-state index in [2.05, 4.69) is 12.1 Å². The van der Waals surface area contributed by atoms with Gasteiger partial charge in [-0.05, 0) is 18.4 Å².